The highest BCUT2D eigenvalue weighted by atomic mass is 32.2. The third-order valence-corrected chi connectivity index (χ3v) is 6.60. The lowest BCUT2D eigenvalue weighted by atomic mass is 10.1. The third-order valence-electron chi connectivity index (χ3n) is 5.65. The Morgan fingerprint density at radius 1 is 0.889 bits per heavy atom. The second-order valence-electron chi connectivity index (χ2n) is 7.93. The molecule has 182 valence electrons. The summed E-state index contributed by atoms with van der Waals surface area (Å²) >= 11 is 1.51. The average molecular weight is 500 g/mol. The number of benzene rings is 3. The summed E-state index contributed by atoms with van der Waals surface area (Å²) in [6, 6.07) is 25.8. The Balaban J connectivity index is 1.39. The van der Waals surface area contributed by atoms with E-state index in [1.54, 1.807) is 14.2 Å². The zero-order valence-electron chi connectivity index (χ0n) is 20.0. The van der Waals surface area contributed by atoms with Crippen LogP contribution in [0, 0.1) is 0 Å². The van der Waals surface area contributed by atoms with Gasteiger partial charge in [-0.15, -0.1) is 10.2 Å². The van der Waals surface area contributed by atoms with Gasteiger partial charge in [-0.05, 0) is 36.2 Å². The van der Waals surface area contributed by atoms with Gasteiger partial charge >= 0.3 is 0 Å². The maximum Gasteiger partial charge on any atom is 0.237 e. The quantitative estimate of drug-likeness (QED) is 0.231. The number of rotatable bonds is 10. The van der Waals surface area contributed by atoms with Gasteiger partial charge in [0.25, 0.3) is 0 Å². The van der Waals surface area contributed by atoms with Gasteiger partial charge in [0.1, 0.15) is 11.5 Å². The molecule has 3 aromatic carbocycles. The summed E-state index contributed by atoms with van der Waals surface area (Å²) in [5.74, 6) is 3.74. The number of thioether (sulfide) groups is 1. The van der Waals surface area contributed by atoms with Gasteiger partial charge in [0.2, 0.25) is 11.7 Å². The molecule has 0 saturated heterocycles. The van der Waals surface area contributed by atoms with Crippen LogP contribution in [-0.4, -0.2) is 39.1 Å². The average Bonchev–Trinajstić information content (AvgIpc) is 3.58. The van der Waals surface area contributed by atoms with Crippen LogP contribution in [0.5, 0.6) is 11.5 Å². The Morgan fingerprint density at radius 2 is 1.72 bits per heavy atom. The van der Waals surface area contributed by atoms with Crippen LogP contribution in [-0.2, 0) is 18.7 Å². The van der Waals surface area contributed by atoms with E-state index < -0.39 is 0 Å². The van der Waals surface area contributed by atoms with Crippen LogP contribution in [0.3, 0.4) is 0 Å². The van der Waals surface area contributed by atoms with Gasteiger partial charge in [-0.2, -0.15) is 4.98 Å². The lowest BCUT2D eigenvalue weighted by Gasteiger charge is -2.12. The molecule has 2 aromatic heterocycles. The Hall–Kier alpha value is -4.11. The molecule has 0 atom stereocenters. The van der Waals surface area contributed by atoms with Crippen LogP contribution < -0.4 is 9.47 Å². The van der Waals surface area contributed by atoms with Crippen LogP contribution in [0.2, 0.25) is 0 Å². The minimum Gasteiger partial charge on any atom is -0.497 e. The summed E-state index contributed by atoms with van der Waals surface area (Å²) in [4.78, 5) is 4.55. The molecular formula is C27H25N5O3S. The van der Waals surface area contributed by atoms with Crippen molar-refractivity contribution >= 4 is 11.8 Å². The number of hydrogen-bond acceptors (Lipinski definition) is 8. The number of hydrogen-bond donors (Lipinski definition) is 0. The monoisotopic (exact) mass is 499 g/mol. The maximum absolute atomic E-state index is 5.59. The van der Waals surface area contributed by atoms with E-state index in [0.717, 1.165) is 40.0 Å². The van der Waals surface area contributed by atoms with Crippen molar-refractivity contribution in [3.63, 3.8) is 0 Å². The van der Waals surface area contributed by atoms with E-state index in [9.17, 15) is 0 Å². The highest BCUT2D eigenvalue weighted by Gasteiger charge is 2.19. The van der Waals surface area contributed by atoms with Crippen molar-refractivity contribution in [3.8, 4) is 34.3 Å². The first kappa shape index (κ1) is 23.6. The molecule has 0 aliphatic heterocycles. The van der Waals surface area contributed by atoms with Crippen LogP contribution in [0.25, 0.3) is 22.8 Å². The number of nitrogens with zero attached hydrogens (tertiary/aromatic N) is 5. The summed E-state index contributed by atoms with van der Waals surface area (Å²) < 4.78 is 18.5. The van der Waals surface area contributed by atoms with Crippen molar-refractivity contribution in [1.82, 2.24) is 24.9 Å². The maximum atomic E-state index is 5.59. The first-order chi connectivity index (χ1) is 17.7. The second-order valence-corrected chi connectivity index (χ2v) is 8.87. The zero-order chi connectivity index (χ0) is 24.7. The van der Waals surface area contributed by atoms with Crippen molar-refractivity contribution in [3.05, 3.63) is 90.3 Å². The summed E-state index contributed by atoms with van der Waals surface area (Å²) in [6.45, 7) is 0.714. The molecule has 0 N–H and O–H groups in total. The number of para-hydroxylation sites is 1. The summed E-state index contributed by atoms with van der Waals surface area (Å²) in [5.41, 5.74) is 2.97. The molecule has 0 fully saturated rings. The number of ether oxygens (including phenoxy) is 2. The number of aryl methyl sites for hydroxylation is 1. The lowest BCUT2D eigenvalue weighted by molar-refractivity contribution is 0.391. The van der Waals surface area contributed by atoms with Crippen LogP contribution >= 0.6 is 11.8 Å². The van der Waals surface area contributed by atoms with E-state index >= 15 is 0 Å². The molecule has 5 aromatic rings. The van der Waals surface area contributed by atoms with E-state index in [1.165, 1.54) is 17.3 Å². The SMILES string of the molecule is COc1cccc(-c2noc(CSc3nnc(-c4ccccc4OC)n3CCc3ccccc3)n2)c1. The van der Waals surface area contributed by atoms with Crippen molar-refractivity contribution < 1.29 is 14.0 Å². The van der Waals surface area contributed by atoms with Crippen LogP contribution in [0.15, 0.2) is 88.5 Å². The Morgan fingerprint density at radius 3 is 2.56 bits per heavy atom. The Labute approximate surface area is 213 Å². The predicted octanol–water partition coefficient (Wildman–Crippen LogP) is 5.55. The summed E-state index contributed by atoms with van der Waals surface area (Å²) in [5, 5.41) is 13.9. The highest BCUT2D eigenvalue weighted by Crippen LogP contribution is 2.32. The molecule has 0 amide bonds. The van der Waals surface area contributed by atoms with Crippen molar-refractivity contribution in [1.29, 1.82) is 0 Å². The first-order valence-electron chi connectivity index (χ1n) is 11.5. The predicted molar refractivity (Wildman–Crippen MR) is 138 cm³/mol. The molecule has 0 unspecified atom stereocenters. The fraction of sp³-hybridized carbons (Fsp3) is 0.185. The third kappa shape index (κ3) is 5.26. The normalized spacial score (nSPS) is 10.9. The van der Waals surface area contributed by atoms with Crippen LogP contribution in [0.1, 0.15) is 11.5 Å². The van der Waals surface area contributed by atoms with Gasteiger partial charge < -0.3 is 18.6 Å². The topological polar surface area (TPSA) is 88.1 Å². The molecule has 0 aliphatic rings. The molecule has 36 heavy (non-hydrogen) atoms. The molecule has 0 spiro atoms. The molecule has 5 rings (SSSR count). The van der Waals surface area contributed by atoms with Gasteiger partial charge in [-0.3, -0.25) is 0 Å². The van der Waals surface area contributed by atoms with Crippen molar-refractivity contribution in [2.75, 3.05) is 14.2 Å². The standard InChI is InChI=1S/C27H25N5O3S/c1-33-21-12-8-11-20(17-21)25-28-24(35-31-25)18-36-27-30-29-26(22-13-6-7-14-23(22)34-2)32(27)16-15-19-9-4-3-5-10-19/h3-14,17H,15-16,18H2,1-2H3. The van der Waals surface area contributed by atoms with Gasteiger partial charge in [0.15, 0.2) is 11.0 Å². The Kier molecular flexibility index (Phi) is 7.28. The fourth-order valence-corrected chi connectivity index (χ4v) is 4.63. The van der Waals surface area contributed by atoms with E-state index in [4.69, 9.17) is 14.0 Å². The van der Waals surface area contributed by atoms with Gasteiger partial charge in [-0.1, -0.05) is 71.5 Å². The molecule has 8 nitrogen and oxygen atoms in total. The van der Waals surface area contributed by atoms with E-state index in [-0.39, 0.29) is 0 Å². The van der Waals surface area contributed by atoms with Gasteiger partial charge in [-0.25, -0.2) is 0 Å². The van der Waals surface area contributed by atoms with Gasteiger partial charge in [0, 0.05) is 12.1 Å². The van der Waals surface area contributed by atoms with Crippen LogP contribution in [0.4, 0.5) is 0 Å². The Bertz CT molecular complexity index is 1430. The molecule has 0 saturated carbocycles. The lowest BCUT2D eigenvalue weighted by Crippen LogP contribution is -2.06. The second kappa shape index (κ2) is 11.1. The van der Waals surface area contributed by atoms with Gasteiger partial charge in [0.05, 0.1) is 25.5 Å². The molecule has 2 heterocycles. The number of methoxy groups -OCH3 is 2. The molecule has 9 heteroatoms. The summed E-state index contributed by atoms with van der Waals surface area (Å²) in [7, 11) is 3.29. The molecular weight excluding hydrogens is 474 g/mol. The van der Waals surface area contributed by atoms with E-state index in [1.807, 2.05) is 66.7 Å². The summed E-state index contributed by atoms with van der Waals surface area (Å²) in [6.07, 6.45) is 0.842. The highest BCUT2D eigenvalue weighted by molar-refractivity contribution is 7.98. The largest absolute Gasteiger partial charge is 0.497 e. The molecule has 0 radical (unpaired) electrons. The minimum atomic E-state index is 0.465. The van der Waals surface area contributed by atoms with E-state index in [2.05, 4.69) is 37.0 Å². The van der Waals surface area contributed by atoms with E-state index in [0.29, 0.717) is 24.0 Å². The number of aromatic nitrogens is 5. The van der Waals surface area contributed by atoms with Crippen molar-refractivity contribution in [2.45, 2.75) is 23.9 Å². The zero-order valence-corrected chi connectivity index (χ0v) is 20.8. The molecule has 0 aliphatic carbocycles. The smallest absolute Gasteiger partial charge is 0.237 e. The molecule has 0 bridgehead atoms. The van der Waals surface area contributed by atoms with Crippen molar-refractivity contribution in [2.24, 2.45) is 0 Å². The fourth-order valence-electron chi connectivity index (χ4n) is 3.83. The minimum absolute atomic E-state index is 0.465. The first-order valence-corrected chi connectivity index (χ1v) is 12.4.